The number of amides is 2. The third-order valence-electron chi connectivity index (χ3n) is 4.81. The van der Waals surface area contributed by atoms with E-state index >= 15 is 0 Å². The van der Waals surface area contributed by atoms with E-state index in [1.54, 1.807) is 29.2 Å². The SMILES string of the molecule is O=C(Cc1ccc(F)cc1)NC1CCN(C(=O)c2ccccc2C(=O)O)CC1. The highest BCUT2D eigenvalue weighted by molar-refractivity contribution is 6.04. The average Bonchev–Trinajstić information content (AvgIpc) is 2.69. The van der Waals surface area contributed by atoms with Gasteiger partial charge in [0.15, 0.2) is 0 Å². The Bertz CT molecular complexity index is 874. The van der Waals surface area contributed by atoms with E-state index in [0.717, 1.165) is 5.56 Å². The number of hydrogen-bond donors (Lipinski definition) is 2. The molecule has 146 valence electrons. The number of carboxylic acids is 1. The van der Waals surface area contributed by atoms with Crippen molar-refractivity contribution < 1.29 is 23.9 Å². The first-order chi connectivity index (χ1) is 13.4. The van der Waals surface area contributed by atoms with E-state index in [9.17, 15) is 23.9 Å². The molecule has 0 aromatic heterocycles. The molecule has 0 radical (unpaired) electrons. The maximum absolute atomic E-state index is 12.9. The van der Waals surface area contributed by atoms with Crippen LogP contribution >= 0.6 is 0 Å². The third kappa shape index (κ3) is 4.73. The normalized spacial score (nSPS) is 14.5. The Kier molecular flexibility index (Phi) is 6.03. The number of carboxylic acid groups (broad SMARTS) is 1. The number of nitrogens with one attached hydrogen (secondary N) is 1. The lowest BCUT2D eigenvalue weighted by Crippen LogP contribution is -2.47. The van der Waals surface area contributed by atoms with Crippen molar-refractivity contribution in [1.82, 2.24) is 10.2 Å². The summed E-state index contributed by atoms with van der Waals surface area (Å²) in [6.45, 7) is 0.878. The highest BCUT2D eigenvalue weighted by Crippen LogP contribution is 2.17. The second kappa shape index (κ2) is 8.65. The Balaban J connectivity index is 1.53. The summed E-state index contributed by atoms with van der Waals surface area (Å²) in [6.07, 6.45) is 1.36. The van der Waals surface area contributed by atoms with Crippen LogP contribution in [0.4, 0.5) is 4.39 Å². The lowest BCUT2D eigenvalue weighted by atomic mass is 10.0. The van der Waals surface area contributed by atoms with Crippen LogP contribution in [0.3, 0.4) is 0 Å². The van der Waals surface area contributed by atoms with E-state index in [0.29, 0.717) is 25.9 Å². The second-order valence-corrected chi connectivity index (χ2v) is 6.79. The van der Waals surface area contributed by atoms with Gasteiger partial charge in [-0.25, -0.2) is 9.18 Å². The Morgan fingerprint density at radius 3 is 2.21 bits per heavy atom. The monoisotopic (exact) mass is 384 g/mol. The molecule has 1 fully saturated rings. The van der Waals surface area contributed by atoms with Crippen LogP contribution in [-0.4, -0.2) is 46.9 Å². The van der Waals surface area contributed by atoms with Crippen LogP contribution in [0.2, 0.25) is 0 Å². The zero-order valence-electron chi connectivity index (χ0n) is 15.2. The fourth-order valence-electron chi connectivity index (χ4n) is 3.32. The largest absolute Gasteiger partial charge is 0.478 e. The molecule has 7 heteroatoms. The van der Waals surface area contributed by atoms with Crippen LogP contribution < -0.4 is 5.32 Å². The molecule has 3 rings (SSSR count). The van der Waals surface area contributed by atoms with Gasteiger partial charge in [0.2, 0.25) is 5.91 Å². The molecule has 1 aliphatic rings. The van der Waals surface area contributed by atoms with Crippen LogP contribution in [0.1, 0.15) is 39.1 Å². The summed E-state index contributed by atoms with van der Waals surface area (Å²) in [4.78, 5) is 37.8. The van der Waals surface area contributed by atoms with Gasteiger partial charge in [-0.2, -0.15) is 0 Å². The minimum Gasteiger partial charge on any atom is -0.478 e. The Morgan fingerprint density at radius 2 is 1.61 bits per heavy atom. The second-order valence-electron chi connectivity index (χ2n) is 6.79. The van der Waals surface area contributed by atoms with Gasteiger partial charge < -0.3 is 15.3 Å². The average molecular weight is 384 g/mol. The van der Waals surface area contributed by atoms with Gasteiger partial charge in [0, 0.05) is 19.1 Å². The maximum Gasteiger partial charge on any atom is 0.336 e. The minimum atomic E-state index is -1.13. The number of hydrogen-bond acceptors (Lipinski definition) is 3. The number of piperidine rings is 1. The highest BCUT2D eigenvalue weighted by Gasteiger charge is 2.26. The number of benzene rings is 2. The van der Waals surface area contributed by atoms with Crippen molar-refractivity contribution in [2.24, 2.45) is 0 Å². The fraction of sp³-hybridized carbons (Fsp3) is 0.286. The van der Waals surface area contributed by atoms with Gasteiger partial charge in [-0.3, -0.25) is 9.59 Å². The number of nitrogens with zero attached hydrogens (tertiary/aromatic N) is 1. The lowest BCUT2D eigenvalue weighted by molar-refractivity contribution is -0.121. The van der Waals surface area contributed by atoms with Crippen LogP contribution in [0.5, 0.6) is 0 Å². The van der Waals surface area contributed by atoms with Crippen molar-refractivity contribution in [3.8, 4) is 0 Å². The van der Waals surface area contributed by atoms with E-state index in [1.165, 1.54) is 24.3 Å². The molecule has 2 aromatic carbocycles. The number of halogens is 1. The number of aromatic carboxylic acids is 1. The Labute approximate surface area is 162 Å². The first kappa shape index (κ1) is 19.5. The summed E-state index contributed by atoms with van der Waals surface area (Å²) in [6, 6.07) is 11.9. The number of carbonyl (C=O) groups is 3. The van der Waals surface area contributed by atoms with Gasteiger partial charge in [0.25, 0.3) is 5.91 Å². The zero-order valence-corrected chi connectivity index (χ0v) is 15.2. The molecule has 0 spiro atoms. The summed E-state index contributed by atoms with van der Waals surface area (Å²) in [5.41, 5.74) is 0.896. The van der Waals surface area contributed by atoms with E-state index < -0.39 is 5.97 Å². The Morgan fingerprint density at radius 1 is 1.00 bits per heavy atom. The molecule has 1 heterocycles. The first-order valence-corrected chi connectivity index (χ1v) is 9.09. The van der Waals surface area contributed by atoms with Crippen molar-refractivity contribution in [3.05, 3.63) is 71.0 Å². The molecule has 1 saturated heterocycles. The molecule has 6 nitrogen and oxygen atoms in total. The molecule has 0 unspecified atom stereocenters. The maximum atomic E-state index is 12.9. The minimum absolute atomic E-state index is 0.0118. The van der Waals surface area contributed by atoms with Gasteiger partial charge in [-0.05, 0) is 42.7 Å². The van der Waals surface area contributed by atoms with Crippen LogP contribution in [0, 0.1) is 5.82 Å². The fourth-order valence-corrected chi connectivity index (χ4v) is 3.32. The molecule has 0 atom stereocenters. The number of rotatable bonds is 5. The Hall–Kier alpha value is -3.22. The number of likely N-dealkylation sites (tertiary alicyclic amines) is 1. The number of carbonyl (C=O) groups excluding carboxylic acids is 2. The third-order valence-corrected chi connectivity index (χ3v) is 4.81. The van der Waals surface area contributed by atoms with Crippen molar-refractivity contribution in [3.63, 3.8) is 0 Å². The summed E-state index contributed by atoms with van der Waals surface area (Å²) in [7, 11) is 0. The first-order valence-electron chi connectivity index (χ1n) is 9.09. The molecule has 1 aliphatic heterocycles. The summed E-state index contributed by atoms with van der Waals surface area (Å²) in [5, 5.41) is 12.2. The highest BCUT2D eigenvalue weighted by atomic mass is 19.1. The standard InChI is InChI=1S/C21H21FN2O4/c22-15-7-5-14(6-8-15)13-19(25)23-16-9-11-24(12-10-16)20(26)17-3-1-2-4-18(17)21(27)28/h1-8,16H,9-13H2,(H,23,25)(H,27,28). The van der Waals surface area contributed by atoms with Gasteiger partial charge in [0.1, 0.15) is 5.82 Å². The quantitative estimate of drug-likeness (QED) is 0.829. The van der Waals surface area contributed by atoms with Crippen LogP contribution in [0.25, 0.3) is 0 Å². The molecule has 2 aromatic rings. The van der Waals surface area contributed by atoms with Crippen molar-refractivity contribution in [2.75, 3.05) is 13.1 Å². The lowest BCUT2D eigenvalue weighted by Gasteiger charge is -2.32. The van der Waals surface area contributed by atoms with E-state index in [1.807, 2.05) is 0 Å². The van der Waals surface area contributed by atoms with Crippen molar-refractivity contribution in [2.45, 2.75) is 25.3 Å². The summed E-state index contributed by atoms with van der Waals surface area (Å²) >= 11 is 0. The molecule has 0 bridgehead atoms. The smallest absolute Gasteiger partial charge is 0.336 e. The predicted molar refractivity (Wildman–Crippen MR) is 101 cm³/mol. The molecule has 2 amide bonds. The molecule has 28 heavy (non-hydrogen) atoms. The van der Waals surface area contributed by atoms with Crippen LogP contribution in [-0.2, 0) is 11.2 Å². The van der Waals surface area contributed by atoms with Gasteiger partial charge in [0.05, 0.1) is 17.5 Å². The molecule has 0 aliphatic carbocycles. The molecular weight excluding hydrogens is 363 g/mol. The summed E-state index contributed by atoms with van der Waals surface area (Å²) < 4.78 is 12.9. The molecule has 0 saturated carbocycles. The summed E-state index contributed by atoms with van der Waals surface area (Å²) in [5.74, 6) is -1.93. The van der Waals surface area contributed by atoms with Crippen molar-refractivity contribution in [1.29, 1.82) is 0 Å². The molecule has 2 N–H and O–H groups in total. The van der Waals surface area contributed by atoms with Crippen LogP contribution in [0.15, 0.2) is 48.5 Å². The predicted octanol–water partition coefficient (Wildman–Crippen LogP) is 2.49. The van der Waals surface area contributed by atoms with Gasteiger partial charge >= 0.3 is 5.97 Å². The van der Waals surface area contributed by atoms with Crippen molar-refractivity contribution >= 4 is 17.8 Å². The van der Waals surface area contributed by atoms with Gasteiger partial charge in [-0.15, -0.1) is 0 Å². The van der Waals surface area contributed by atoms with E-state index in [4.69, 9.17) is 0 Å². The topological polar surface area (TPSA) is 86.7 Å². The van der Waals surface area contributed by atoms with Gasteiger partial charge in [-0.1, -0.05) is 24.3 Å². The van der Waals surface area contributed by atoms with E-state index in [2.05, 4.69) is 5.32 Å². The zero-order chi connectivity index (χ0) is 20.1. The molecular formula is C21H21FN2O4. The van der Waals surface area contributed by atoms with E-state index in [-0.39, 0.29) is 41.2 Å².